The Kier molecular flexibility index (Phi) is 4.72. The van der Waals surface area contributed by atoms with Gasteiger partial charge >= 0.3 is 0 Å². The van der Waals surface area contributed by atoms with Crippen LogP contribution >= 0.6 is 0 Å². The van der Waals surface area contributed by atoms with E-state index in [-0.39, 0.29) is 5.78 Å². The predicted octanol–water partition coefficient (Wildman–Crippen LogP) is 4.92. The largest absolute Gasteiger partial charge is 0.497 e. The molecule has 1 fully saturated rings. The summed E-state index contributed by atoms with van der Waals surface area (Å²) in [6.07, 6.45) is 6.74. The first-order valence-electron chi connectivity index (χ1n) is 7.91. The van der Waals surface area contributed by atoms with E-state index in [1.165, 1.54) is 0 Å². The smallest absolute Gasteiger partial charge is 0.185 e. The number of carbonyl (C=O) groups excluding carboxylic acids is 1. The summed E-state index contributed by atoms with van der Waals surface area (Å²) in [5, 5.41) is 0. The van der Waals surface area contributed by atoms with Crippen LogP contribution in [0, 0.1) is 0 Å². The zero-order valence-corrected chi connectivity index (χ0v) is 13.3. The van der Waals surface area contributed by atoms with E-state index in [2.05, 4.69) is 0 Å². The molecule has 2 nitrogen and oxygen atoms in total. The highest BCUT2D eigenvalue weighted by atomic mass is 16.5. The molecule has 2 aromatic rings. The van der Waals surface area contributed by atoms with E-state index < -0.39 is 0 Å². The summed E-state index contributed by atoms with van der Waals surface area (Å²) in [4.78, 5) is 12.7. The molecule has 2 aromatic carbocycles. The summed E-state index contributed by atoms with van der Waals surface area (Å²) in [5.74, 6) is 1.00. The van der Waals surface area contributed by atoms with Gasteiger partial charge in [0.1, 0.15) is 5.75 Å². The lowest BCUT2D eigenvalue weighted by molar-refractivity contribution is -0.112. The maximum atomic E-state index is 12.7. The lowest BCUT2D eigenvalue weighted by Crippen LogP contribution is -2.12. The van der Waals surface area contributed by atoms with Crippen molar-refractivity contribution in [1.82, 2.24) is 0 Å². The number of benzene rings is 2. The quantitative estimate of drug-likeness (QED) is 0.753. The lowest BCUT2D eigenvalue weighted by atomic mass is 9.87. The van der Waals surface area contributed by atoms with Crippen LogP contribution in [0.1, 0.15) is 30.4 Å². The van der Waals surface area contributed by atoms with Gasteiger partial charge in [0, 0.05) is 11.1 Å². The molecule has 2 heteroatoms. The first-order valence-corrected chi connectivity index (χ1v) is 7.91. The van der Waals surface area contributed by atoms with E-state index in [1.54, 1.807) is 7.11 Å². The number of carbonyl (C=O) groups is 1. The molecule has 1 aliphatic carbocycles. The highest BCUT2D eigenvalue weighted by molar-refractivity contribution is 6.13. The summed E-state index contributed by atoms with van der Waals surface area (Å²) in [6, 6.07) is 17.8. The molecule has 0 bridgehead atoms. The van der Waals surface area contributed by atoms with Crippen molar-refractivity contribution in [2.45, 2.75) is 19.3 Å². The normalized spacial score (nSPS) is 18.4. The fourth-order valence-corrected chi connectivity index (χ4v) is 2.83. The number of ketones is 1. The number of rotatable bonds is 3. The van der Waals surface area contributed by atoms with Crippen LogP contribution in [0.15, 0.2) is 65.7 Å². The Labute approximate surface area is 137 Å². The standard InChI is InChI=1S/C21H20O2/c1-23-20-12-10-17(11-13-20)15-19-9-5-8-18(21(19)22)14-16-6-3-2-4-7-16/h2-4,6-7,10-15H,5,8-9H2,1H3/b18-14+,19-15+. The second kappa shape index (κ2) is 7.10. The van der Waals surface area contributed by atoms with E-state index in [0.29, 0.717) is 0 Å². The van der Waals surface area contributed by atoms with E-state index in [4.69, 9.17) is 4.74 Å². The monoisotopic (exact) mass is 304 g/mol. The van der Waals surface area contributed by atoms with Crippen LogP contribution in [0.5, 0.6) is 5.75 Å². The SMILES string of the molecule is COc1ccc(/C=C2\CCC/C(=C\c3ccccc3)C2=O)cc1. The molecule has 0 heterocycles. The minimum Gasteiger partial charge on any atom is -0.497 e. The first-order chi connectivity index (χ1) is 11.3. The zero-order valence-electron chi connectivity index (χ0n) is 13.3. The fourth-order valence-electron chi connectivity index (χ4n) is 2.83. The van der Waals surface area contributed by atoms with Crippen LogP contribution in [0.25, 0.3) is 12.2 Å². The van der Waals surface area contributed by atoms with Gasteiger partial charge in [-0.2, -0.15) is 0 Å². The van der Waals surface area contributed by atoms with Crippen molar-refractivity contribution in [2.75, 3.05) is 7.11 Å². The minimum atomic E-state index is 0.177. The fraction of sp³-hybridized carbons (Fsp3) is 0.190. The summed E-state index contributed by atoms with van der Waals surface area (Å²) < 4.78 is 5.17. The van der Waals surface area contributed by atoms with Gasteiger partial charge in [0.15, 0.2) is 5.78 Å². The van der Waals surface area contributed by atoms with Crippen molar-refractivity contribution >= 4 is 17.9 Å². The Hall–Kier alpha value is -2.61. The average molecular weight is 304 g/mol. The minimum absolute atomic E-state index is 0.177. The Balaban J connectivity index is 1.84. The lowest BCUT2D eigenvalue weighted by Gasteiger charge is -2.16. The Morgan fingerprint density at radius 1 is 0.826 bits per heavy atom. The van der Waals surface area contributed by atoms with Gasteiger partial charge in [-0.3, -0.25) is 4.79 Å². The van der Waals surface area contributed by atoms with Gasteiger partial charge in [0.2, 0.25) is 0 Å². The molecule has 0 saturated heterocycles. The molecule has 1 aliphatic rings. The second-order valence-electron chi connectivity index (χ2n) is 5.71. The highest BCUT2D eigenvalue weighted by Crippen LogP contribution is 2.28. The number of Topliss-reactive ketones (excluding diaryl/α,β-unsaturated/α-hetero) is 1. The van der Waals surface area contributed by atoms with Crippen molar-refractivity contribution in [3.05, 3.63) is 76.9 Å². The molecule has 116 valence electrons. The van der Waals surface area contributed by atoms with Crippen LogP contribution in [0.2, 0.25) is 0 Å². The average Bonchev–Trinajstić information content (AvgIpc) is 2.60. The molecule has 0 N–H and O–H groups in total. The topological polar surface area (TPSA) is 26.3 Å². The van der Waals surface area contributed by atoms with Gasteiger partial charge in [-0.15, -0.1) is 0 Å². The summed E-state index contributed by atoms with van der Waals surface area (Å²) in [5.41, 5.74) is 3.92. The van der Waals surface area contributed by atoms with Crippen molar-refractivity contribution in [3.63, 3.8) is 0 Å². The van der Waals surface area contributed by atoms with E-state index in [0.717, 1.165) is 47.3 Å². The number of methoxy groups -OCH3 is 1. The molecule has 1 saturated carbocycles. The van der Waals surface area contributed by atoms with Crippen LogP contribution in [0.3, 0.4) is 0 Å². The number of ether oxygens (including phenoxy) is 1. The number of allylic oxidation sites excluding steroid dienone is 2. The molecule has 0 spiro atoms. The molecular formula is C21H20O2. The van der Waals surface area contributed by atoms with Gasteiger partial charge in [-0.25, -0.2) is 0 Å². The molecule has 3 rings (SSSR count). The molecule has 23 heavy (non-hydrogen) atoms. The van der Waals surface area contributed by atoms with Crippen molar-refractivity contribution in [3.8, 4) is 5.75 Å². The second-order valence-corrected chi connectivity index (χ2v) is 5.71. The van der Waals surface area contributed by atoms with Gasteiger partial charge in [-0.05, 0) is 54.7 Å². The van der Waals surface area contributed by atoms with Crippen LogP contribution in [0.4, 0.5) is 0 Å². The van der Waals surface area contributed by atoms with Gasteiger partial charge in [-0.1, -0.05) is 42.5 Å². The molecular weight excluding hydrogens is 284 g/mol. The van der Waals surface area contributed by atoms with Crippen LogP contribution in [-0.4, -0.2) is 12.9 Å². The first kappa shape index (κ1) is 15.3. The molecule has 0 aliphatic heterocycles. The van der Waals surface area contributed by atoms with Crippen molar-refractivity contribution < 1.29 is 9.53 Å². The Bertz CT molecular complexity index is 737. The van der Waals surface area contributed by atoms with Gasteiger partial charge < -0.3 is 4.74 Å². The predicted molar refractivity (Wildman–Crippen MR) is 94.2 cm³/mol. The van der Waals surface area contributed by atoms with Crippen molar-refractivity contribution in [1.29, 1.82) is 0 Å². The molecule has 0 aromatic heterocycles. The Morgan fingerprint density at radius 2 is 1.39 bits per heavy atom. The number of hydrogen-bond acceptors (Lipinski definition) is 2. The molecule has 0 atom stereocenters. The third-order valence-corrected chi connectivity index (χ3v) is 4.07. The third kappa shape index (κ3) is 3.78. The van der Waals surface area contributed by atoms with E-state index in [9.17, 15) is 4.79 Å². The summed E-state index contributed by atoms with van der Waals surface area (Å²) in [6.45, 7) is 0. The maximum absolute atomic E-state index is 12.7. The van der Waals surface area contributed by atoms with E-state index >= 15 is 0 Å². The Morgan fingerprint density at radius 3 is 1.96 bits per heavy atom. The van der Waals surface area contributed by atoms with Crippen LogP contribution in [-0.2, 0) is 4.79 Å². The van der Waals surface area contributed by atoms with Crippen molar-refractivity contribution in [2.24, 2.45) is 0 Å². The summed E-state index contributed by atoms with van der Waals surface area (Å²) in [7, 11) is 1.65. The highest BCUT2D eigenvalue weighted by Gasteiger charge is 2.20. The van der Waals surface area contributed by atoms with Gasteiger partial charge in [0.25, 0.3) is 0 Å². The molecule has 0 unspecified atom stereocenters. The molecule has 0 amide bonds. The molecule has 0 radical (unpaired) electrons. The van der Waals surface area contributed by atoms with Crippen LogP contribution < -0.4 is 4.74 Å². The van der Waals surface area contributed by atoms with Gasteiger partial charge in [0.05, 0.1) is 7.11 Å². The number of hydrogen-bond donors (Lipinski definition) is 0. The summed E-state index contributed by atoms with van der Waals surface area (Å²) >= 11 is 0. The zero-order chi connectivity index (χ0) is 16.1. The third-order valence-electron chi connectivity index (χ3n) is 4.07. The van der Waals surface area contributed by atoms with E-state index in [1.807, 2.05) is 66.7 Å². The maximum Gasteiger partial charge on any atom is 0.185 e.